The van der Waals surface area contributed by atoms with Crippen LogP contribution in [0.3, 0.4) is 0 Å². The largest absolute Gasteiger partial charge is 0.481 e. The van der Waals surface area contributed by atoms with Gasteiger partial charge in [-0.25, -0.2) is 0 Å². The topological polar surface area (TPSA) is 63.3 Å². The fourth-order valence-electron chi connectivity index (χ4n) is 3.00. The second kappa shape index (κ2) is 7.32. The number of para-hydroxylation sites is 1. The lowest BCUT2D eigenvalue weighted by Gasteiger charge is -2.28. The summed E-state index contributed by atoms with van der Waals surface area (Å²) in [5.74, 6) is -0.814. The first kappa shape index (κ1) is 17.1. The molecule has 0 spiro atoms. The van der Waals surface area contributed by atoms with Gasteiger partial charge >= 0.3 is 5.97 Å². The van der Waals surface area contributed by atoms with Crippen molar-refractivity contribution in [1.82, 2.24) is 0 Å². The van der Waals surface area contributed by atoms with Gasteiger partial charge in [-0.05, 0) is 24.5 Å². The third-order valence-corrected chi connectivity index (χ3v) is 4.54. The van der Waals surface area contributed by atoms with Crippen LogP contribution in [0.4, 0.5) is 5.69 Å². The number of aliphatic carboxylic acids is 1. The Bertz CT molecular complexity index is 667. The third kappa shape index (κ3) is 3.55. The summed E-state index contributed by atoms with van der Waals surface area (Å²) in [4.78, 5) is 12.0. The lowest BCUT2D eigenvalue weighted by Crippen LogP contribution is -2.33. The van der Waals surface area contributed by atoms with Crippen molar-refractivity contribution in [2.75, 3.05) is 5.73 Å². The number of nitrogens with two attached hydrogens (primary N) is 1. The number of carboxylic acids is 1. The van der Waals surface area contributed by atoms with Crippen LogP contribution >= 0.6 is 0 Å². The molecule has 2 rings (SSSR count). The van der Waals surface area contributed by atoms with Gasteiger partial charge in [0.25, 0.3) is 0 Å². The van der Waals surface area contributed by atoms with Crippen molar-refractivity contribution in [3.8, 4) is 11.1 Å². The molecule has 0 aliphatic heterocycles. The van der Waals surface area contributed by atoms with Crippen LogP contribution in [0, 0.1) is 0 Å². The lowest BCUT2D eigenvalue weighted by atomic mass is 9.76. The Morgan fingerprint density at radius 3 is 2.39 bits per heavy atom. The van der Waals surface area contributed by atoms with Crippen LogP contribution in [-0.2, 0) is 10.2 Å². The van der Waals surface area contributed by atoms with Crippen molar-refractivity contribution in [3.05, 3.63) is 54.1 Å². The second-order valence-corrected chi connectivity index (χ2v) is 6.23. The summed E-state index contributed by atoms with van der Waals surface area (Å²) in [6.07, 6.45) is 3.57. The average Bonchev–Trinajstić information content (AvgIpc) is 2.55. The molecule has 3 N–H and O–H groups in total. The van der Waals surface area contributed by atoms with Gasteiger partial charge < -0.3 is 10.8 Å². The molecule has 0 aromatic heterocycles. The summed E-state index contributed by atoms with van der Waals surface area (Å²) in [6, 6.07) is 15.5. The summed E-state index contributed by atoms with van der Waals surface area (Å²) in [5, 5.41) is 9.82. The van der Waals surface area contributed by atoms with E-state index in [2.05, 4.69) is 6.92 Å². The summed E-state index contributed by atoms with van der Waals surface area (Å²) in [5.41, 5.74) is 8.61. The summed E-state index contributed by atoms with van der Waals surface area (Å²) in [7, 11) is 0. The van der Waals surface area contributed by atoms with E-state index >= 15 is 0 Å². The van der Waals surface area contributed by atoms with E-state index in [-0.39, 0.29) is 0 Å². The first-order chi connectivity index (χ1) is 11.0. The number of rotatable bonds is 7. The van der Waals surface area contributed by atoms with Crippen molar-refractivity contribution < 1.29 is 9.90 Å². The molecule has 0 bridgehead atoms. The van der Waals surface area contributed by atoms with Gasteiger partial charge in [-0.1, -0.05) is 74.7 Å². The summed E-state index contributed by atoms with van der Waals surface area (Å²) < 4.78 is 0. The van der Waals surface area contributed by atoms with E-state index in [0.29, 0.717) is 17.7 Å². The van der Waals surface area contributed by atoms with Gasteiger partial charge in [-0.15, -0.1) is 0 Å². The van der Waals surface area contributed by atoms with Gasteiger partial charge in [0.2, 0.25) is 0 Å². The number of benzene rings is 2. The van der Waals surface area contributed by atoms with Crippen LogP contribution in [0.1, 0.15) is 45.1 Å². The van der Waals surface area contributed by atoms with Crippen LogP contribution in [0.2, 0.25) is 0 Å². The number of anilines is 1. The van der Waals surface area contributed by atoms with Crippen LogP contribution in [0.15, 0.2) is 48.5 Å². The number of hydrogen-bond donors (Lipinski definition) is 2. The number of nitrogen functional groups attached to an aromatic ring is 1. The minimum Gasteiger partial charge on any atom is -0.481 e. The van der Waals surface area contributed by atoms with Crippen molar-refractivity contribution in [3.63, 3.8) is 0 Å². The highest BCUT2D eigenvalue weighted by Crippen LogP contribution is 2.38. The van der Waals surface area contributed by atoms with Crippen LogP contribution in [0.25, 0.3) is 11.1 Å². The molecule has 2 aromatic carbocycles. The Hall–Kier alpha value is -2.29. The van der Waals surface area contributed by atoms with Crippen molar-refractivity contribution in [2.45, 2.75) is 44.9 Å². The molecule has 0 radical (unpaired) electrons. The fraction of sp³-hybridized carbons (Fsp3) is 0.350. The zero-order valence-corrected chi connectivity index (χ0v) is 13.9. The minimum absolute atomic E-state index is 0.570. The molecule has 0 saturated heterocycles. The monoisotopic (exact) mass is 311 g/mol. The zero-order chi connectivity index (χ0) is 16.9. The molecule has 3 heteroatoms. The number of unbranched alkanes of at least 4 members (excludes halogenated alkanes) is 2. The molecule has 1 atom stereocenters. The van der Waals surface area contributed by atoms with E-state index < -0.39 is 11.4 Å². The second-order valence-electron chi connectivity index (χ2n) is 6.23. The summed E-state index contributed by atoms with van der Waals surface area (Å²) in [6.45, 7) is 3.90. The molecule has 0 amide bonds. The molecule has 1 unspecified atom stereocenters. The first-order valence-electron chi connectivity index (χ1n) is 8.18. The molecule has 0 heterocycles. The highest BCUT2D eigenvalue weighted by molar-refractivity contribution is 5.87. The molecule has 0 saturated carbocycles. The molecule has 0 aliphatic rings. The lowest BCUT2D eigenvalue weighted by molar-refractivity contribution is -0.143. The SMILES string of the molecule is CCCCCC(C)(C(=O)O)c1cccc(-c2ccccc2)c1N. The van der Waals surface area contributed by atoms with Crippen LogP contribution < -0.4 is 5.73 Å². The maximum atomic E-state index is 12.0. The highest BCUT2D eigenvalue weighted by Gasteiger charge is 2.36. The van der Waals surface area contributed by atoms with Gasteiger partial charge in [0.15, 0.2) is 0 Å². The molecular weight excluding hydrogens is 286 g/mol. The Kier molecular flexibility index (Phi) is 5.43. The molecule has 122 valence electrons. The molecule has 3 nitrogen and oxygen atoms in total. The first-order valence-corrected chi connectivity index (χ1v) is 8.18. The minimum atomic E-state index is -0.954. The van der Waals surface area contributed by atoms with E-state index in [4.69, 9.17) is 5.73 Å². The van der Waals surface area contributed by atoms with Crippen molar-refractivity contribution >= 4 is 11.7 Å². The predicted octanol–water partition coefficient (Wildman–Crippen LogP) is 4.86. The Labute approximate surface area is 138 Å². The van der Waals surface area contributed by atoms with Crippen molar-refractivity contribution in [2.24, 2.45) is 0 Å². The number of carbonyl (C=O) groups is 1. The maximum absolute atomic E-state index is 12.0. The van der Waals surface area contributed by atoms with Gasteiger partial charge in [0.1, 0.15) is 0 Å². The van der Waals surface area contributed by atoms with E-state index in [1.54, 1.807) is 6.92 Å². The average molecular weight is 311 g/mol. The summed E-state index contributed by atoms with van der Waals surface area (Å²) >= 11 is 0. The molecule has 0 fully saturated rings. The Morgan fingerprint density at radius 1 is 1.09 bits per heavy atom. The number of hydrogen-bond acceptors (Lipinski definition) is 2. The van der Waals surface area contributed by atoms with E-state index in [9.17, 15) is 9.90 Å². The van der Waals surface area contributed by atoms with E-state index in [0.717, 1.165) is 30.4 Å². The van der Waals surface area contributed by atoms with E-state index in [1.165, 1.54) is 0 Å². The van der Waals surface area contributed by atoms with Crippen LogP contribution in [-0.4, -0.2) is 11.1 Å². The zero-order valence-electron chi connectivity index (χ0n) is 13.9. The van der Waals surface area contributed by atoms with Crippen LogP contribution in [0.5, 0.6) is 0 Å². The predicted molar refractivity (Wildman–Crippen MR) is 95.4 cm³/mol. The molecule has 2 aromatic rings. The Balaban J connectivity index is 2.47. The van der Waals surface area contributed by atoms with Gasteiger partial charge in [-0.3, -0.25) is 4.79 Å². The van der Waals surface area contributed by atoms with Gasteiger partial charge in [0.05, 0.1) is 5.41 Å². The van der Waals surface area contributed by atoms with Crippen molar-refractivity contribution in [1.29, 1.82) is 0 Å². The maximum Gasteiger partial charge on any atom is 0.313 e. The van der Waals surface area contributed by atoms with Gasteiger partial charge in [-0.2, -0.15) is 0 Å². The fourth-order valence-corrected chi connectivity index (χ4v) is 3.00. The highest BCUT2D eigenvalue weighted by atomic mass is 16.4. The Morgan fingerprint density at radius 2 is 1.78 bits per heavy atom. The normalized spacial score (nSPS) is 13.5. The molecular formula is C20H25NO2. The number of carboxylic acid groups (broad SMARTS) is 1. The standard InChI is InChI=1S/C20H25NO2/c1-3-4-8-14-20(2,19(22)23)17-13-9-12-16(18(17)21)15-10-6-5-7-11-15/h5-7,9-13H,3-4,8,14,21H2,1-2H3,(H,22,23). The third-order valence-electron chi connectivity index (χ3n) is 4.54. The molecule has 0 aliphatic carbocycles. The van der Waals surface area contributed by atoms with Gasteiger partial charge in [0, 0.05) is 11.3 Å². The quantitative estimate of drug-likeness (QED) is 0.567. The molecule has 23 heavy (non-hydrogen) atoms. The van der Waals surface area contributed by atoms with E-state index in [1.807, 2.05) is 48.5 Å². The smallest absolute Gasteiger partial charge is 0.313 e.